The molecule has 1 fully saturated rings. The summed E-state index contributed by atoms with van der Waals surface area (Å²) >= 11 is 6.76. The maximum absolute atomic E-state index is 12.4. The average molecular weight is 381 g/mol. The molecule has 0 bridgehead atoms. The maximum atomic E-state index is 12.4. The van der Waals surface area contributed by atoms with Gasteiger partial charge in [0.15, 0.2) is 0 Å². The molecule has 0 unspecified atom stereocenters. The van der Waals surface area contributed by atoms with Gasteiger partial charge in [0, 0.05) is 12.0 Å². The van der Waals surface area contributed by atoms with E-state index in [1.807, 2.05) is 60.7 Å². The van der Waals surface area contributed by atoms with Crippen molar-refractivity contribution >= 4 is 34.2 Å². The minimum Gasteiger partial charge on any atom is -0.418 e. The lowest BCUT2D eigenvalue weighted by Crippen LogP contribution is -2.34. The first-order valence-corrected chi connectivity index (χ1v) is 9.53. The summed E-state index contributed by atoms with van der Waals surface area (Å²) in [5, 5.41) is 8.39. The van der Waals surface area contributed by atoms with Gasteiger partial charge in [-0.15, -0.1) is 10.2 Å². The standard InChI is InChI=1S/C19H15N3O2S2/c23-16-12-26-19(25)22(16)15(11-13-7-3-1-4-8-13)18-21-20-17(24-18)14-9-5-2-6-10-14/h1-10,15H,11-12H2/t15-/m0/s1. The van der Waals surface area contributed by atoms with Gasteiger partial charge in [-0.25, -0.2) is 0 Å². The summed E-state index contributed by atoms with van der Waals surface area (Å²) in [7, 11) is 0. The molecule has 1 aliphatic heterocycles. The van der Waals surface area contributed by atoms with E-state index in [2.05, 4.69) is 10.2 Å². The highest BCUT2D eigenvalue weighted by Gasteiger charge is 2.37. The van der Waals surface area contributed by atoms with Gasteiger partial charge in [0.2, 0.25) is 17.7 Å². The van der Waals surface area contributed by atoms with Crippen LogP contribution in [0.1, 0.15) is 17.5 Å². The normalized spacial score (nSPS) is 15.5. The third-order valence-corrected chi connectivity index (χ3v) is 5.50. The lowest BCUT2D eigenvalue weighted by Gasteiger charge is -2.24. The van der Waals surface area contributed by atoms with E-state index in [-0.39, 0.29) is 5.91 Å². The van der Waals surface area contributed by atoms with Crippen molar-refractivity contribution in [2.45, 2.75) is 12.5 Å². The molecule has 0 spiro atoms. The summed E-state index contributed by atoms with van der Waals surface area (Å²) < 4.78 is 6.48. The number of carbonyl (C=O) groups excluding carboxylic acids is 1. The Morgan fingerprint density at radius 2 is 1.77 bits per heavy atom. The number of amides is 1. The molecule has 0 aliphatic carbocycles. The fraction of sp³-hybridized carbons (Fsp3) is 0.158. The van der Waals surface area contributed by atoms with Gasteiger partial charge in [-0.2, -0.15) is 0 Å². The van der Waals surface area contributed by atoms with Crippen LogP contribution in [0.4, 0.5) is 0 Å². The highest BCUT2D eigenvalue weighted by molar-refractivity contribution is 8.23. The van der Waals surface area contributed by atoms with Crippen molar-refractivity contribution in [2.24, 2.45) is 0 Å². The number of aromatic nitrogens is 2. The van der Waals surface area contributed by atoms with Crippen molar-refractivity contribution in [3.8, 4) is 11.5 Å². The molecule has 0 saturated carbocycles. The third-order valence-electron chi connectivity index (χ3n) is 4.11. The number of nitrogens with zero attached hydrogens (tertiary/aromatic N) is 3. The van der Waals surface area contributed by atoms with E-state index >= 15 is 0 Å². The molecule has 1 aromatic heterocycles. The monoisotopic (exact) mass is 381 g/mol. The number of benzene rings is 2. The summed E-state index contributed by atoms with van der Waals surface area (Å²) in [5.41, 5.74) is 1.92. The first kappa shape index (κ1) is 16.9. The summed E-state index contributed by atoms with van der Waals surface area (Å²) in [4.78, 5) is 14.0. The Labute approximate surface area is 160 Å². The quantitative estimate of drug-likeness (QED) is 0.625. The molecule has 1 aliphatic rings. The van der Waals surface area contributed by atoms with E-state index in [0.29, 0.717) is 28.3 Å². The second-order valence-corrected chi connectivity index (χ2v) is 7.44. The van der Waals surface area contributed by atoms with E-state index in [9.17, 15) is 4.79 Å². The second kappa shape index (κ2) is 7.39. The molecule has 2 aromatic carbocycles. The number of carbonyl (C=O) groups is 1. The molecule has 0 radical (unpaired) electrons. The van der Waals surface area contributed by atoms with Gasteiger partial charge in [0.1, 0.15) is 10.4 Å². The second-order valence-electron chi connectivity index (χ2n) is 5.84. The Bertz CT molecular complexity index is 912. The smallest absolute Gasteiger partial charge is 0.247 e. The number of rotatable bonds is 5. The van der Waals surface area contributed by atoms with E-state index in [1.165, 1.54) is 11.8 Å². The predicted octanol–water partition coefficient (Wildman–Crippen LogP) is 3.88. The van der Waals surface area contributed by atoms with Crippen LogP contribution in [-0.4, -0.2) is 31.1 Å². The Balaban J connectivity index is 1.70. The van der Waals surface area contributed by atoms with E-state index in [0.717, 1.165) is 11.1 Å². The molecule has 3 aromatic rings. The Morgan fingerprint density at radius 1 is 1.08 bits per heavy atom. The predicted molar refractivity (Wildman–Crippen MR) is 105 cm³/mol. The van der Waals surface area contributed by atoms with E-state index in [4.69, 9.17) is 16.6 Å². The number of thioether (sulfide) groups is 1. The van der Waals surface area contributed by atoms with Gasteiger partial charge < -0.3 is 4.42 Å². The lowest BCUT2D eigenvalue weighted by atomic mass is 10.0. The Kier molecular flexibility index (Phi) is 4.81. The first-order chi connectivity index (χ1) is 12.7. The molecule has 26 heavy (non-hydrogen) atoms. The maximum Gasteiger partial charge on any atom is 0.247 e. The lowest BCUT2D eigenvalue weighted by molar-refractivity contribution is -0.125. The van der Waals surface area contributed by atoms with Crippen molar-refractivity contribution in [1.29, 1.82) is 0 Å². The summed E-state index contributed by atoms with van der Waals surface area (Å²) in [6.45, 7) is 0. The minimum absolute atomic E-state index is 0.0274. The zero-order valence-electron chi connectivity index (χ0n) is 13.7. The van der Waals surface area contributed by atoms with Crippen molar-refractivity contribution in [3.05, 3.63) is 72.1 Å². The Morgan fingerprint density at radius 3 is 2.42 bits per heavy atom. The SMILES string of the molecule is O=C1CSC(=S)N1[C@@H](Cc1ccccc1)c1nnc(-c2ccccc2)o1. The van der Waals surface area contributed by atoms with Gasteiger partial charge in [0.05, 0.1) is 5.75 Å². The summed E-state index contributed by atoms with van der Waals surface area (Å²) in [6, 6.07) is 19.1. The molecule has 4 rings (SSSR count). The molecule has 7 heteroatoms. The van der Waals surface area contributed by atoms with Crippen LogP contribution in [0.15, 0.2) is 65.1 Å². The Hall–Kier alpha value is -2.51. The molecule has 1 atom stereocenters. The molecular formula is C19H15N3O2S2. The van der Waals surface area contributed by atoms with Crippen molar-refractivity contribution in [1.82, 2.24) is 15.1 Å². The zero-order valence-corrected chi connectivity index (χ0v) is 15.4. The van der Waals surface area contributed by atoms with Crippen LogP contribution in [0, 0.1) is 0 Å². The van der Waals surface area contributed by atoms with Crippen molar-refractivity contribution < 1.29 is 9.21 Å². The fourth-order valence-corrected chi connectivity index (χ4v) is 4.02. The van der Waals surface area contributed by atoms with Gasteiger partial charge in [-0.05, 0) is 17.7 Å². The van der Waals surface area contributed by atoms with Crippen LogP contribution in [0.5, 0.6) is 0 Å². The highest BCUT2D eigenvalue weighted by atomic mass is 32.2. The van der Waals surface area contributed by atoms with Crippen LogP contribution in [0.3, 0.4) is 0 Å². The molecule has 0 N–H and O–H groups in total. The molecule has 2 heterocycles. The van der Waals surface area contributed by atoms with Crippen molar-refractivity contribution in [2.75, 3.05) is 5.75 Å². The van der Waals surface area contributed by atoms with Crippen LogP contribution >= 0.6 is 24.0 Å². The number of hydrogen-bond donors (Lipinski definition) is 0. The van der Waals surface area contributed by atoms with Gasteiger partial charge in [-0.1, -0.05) is 72.5 Å². The highest BCUT2D eigenvalue weighted by Crippen LogP contribution is 2.33. The van der Waals surface area contributed by atoms with Crippen molar-refractivity contribution in [3.63, 3.8) is 0 Å². The average Bonchev–Trinajstić information content (AvgIpc) is 3.29. The molecule has 1 amide bonds. The van der Waals surface area contributed by atoms with E-state index < -0.39 is 6.04 Å². The number of hydrogen-bond acceptors (Lipinski definition) is 6. The van der Waals surface area contributed by atoms with Crippen LogP contribution in [0.25, 0.3) is 11.5 Å². The van der Waals surface area contributed by atoms with Crippen LogP contribution < -0.4 is 0 Å². The van der Waals surface area contributed by atoms with Crippen LogP contribution in [-0.2, 0) is 11.2 Å². The fourth-order valence-electron chi connectivity index (χ4n) is 2.86. The molecule has 5 nitrogen and oxygen atoms in total. The molecule has 130 valence electrons. The van der Waals surface area contributed by atoms with Gasteiger partial charge in [0.25, 0.3) is 0 Å². The van der Waals surface area contributed by atoms with E-state index in [1.54, 1.807) is 4.90 Å². The third kappa shape index (κ3) is 3.40. The number of thiocarbonyl (C=S) groups is 1. The topological polar surface area (TPSA) is 59.2 Å². The van der Waals surface area contributed by atoms with Gasteiger partial charge in [-0.3, -0.25) is 9.69 Å². The van der Waals surface area contributed by atoms with Gasteiger partial charge >= 0.3 is 0 Å². The van der Waals surface area contributed by atoms with Crippen LogP contribution in [0.2, 0.25) is 0 Å². The summed E-state index contributed by atoms with van der Waals surface area (Å²) in [5.74, 6) is 1.15. The zero-order chi connectivity index (χ0) is 17.9. The summed E-state index contributed by atoms with van der Waals surface area (Å²) in [6.07, 6.45) is 0.559. The minimum atomic E-state index is -0.405. The largest absolute Gasteiger partial charge is 0.418 e. The molecular weight excluding hydrogens is 366 g/mol. The molecule has 1 saturated heterocycles. The first-order valence-electron chi connectivity index (χ1n) is 8.14.